The Kier molecular flexibility index (Phi) is 5.35. The van der Waals surface area contributed by atoms with Crippen molar-refractivity contribution in [1.82, 2.24) is 0 Å². The van der Waals surface area contributed by atoms with Gasteiger partial charge in [-0.25, -0.2) is 0 Å². The van der Waals surface area contributed by atoms with E-state index in [2.05, 4.69) is 13.0 Å². The van der Waals surface area contributed by atoms with Crippen LogP contribution in [0.15, 0.2) is 35.3 Å². The molecule has 5 nitrogen and oxygen atoms in total. The van der Waals surface area contributed by atoms with Crippen LogP contribution in [0.2, 0.25) is 0 Å². The lowest BCUT2D eigenvalue weighted by molar-refractivity contribution is 0.354. The molecule has 0 aromatic heterocycles. The van der Waals surface area contributed by atoms with Gasteiger partial charge < -0.3 is 18.9 Å². The van der Waals surface area contributed by atoms with Gasteiger partial charge in [-0.3, -0.25) is 4.99 Å². The van der Waals surface area contributed by atoms with Gasteiger partial charge in [0, 0.05) is 17.7 Å². The Labute approximate surface area is 154 Å². The Balaban J connectivity index is 1.98. The highest BCUT2D eigenvalue weighted by Gasteiger charge is 2.22. The molecule has 2 aromatic rings. The van der Waals surface area contributed by atoms with Crippen molar-refractivity contribution < 1.29 is 18.9 Å². The molecule has 0 fully saturated rings. The van der Waals surface area contributed by atoms with Crippen LogP contribution in [0.1, 0.15) is 23.6 Å². The number of fused-ring (bicyclic) bond motifs is 1. The van der Waals surface area contributed by atoms with Crippen molar-refractivity contribution in [2.75, 3.05) is 28.4 Å². The molecule has 5 heteroatoms. The molecule has 26 heavy (non-hydrogen) atoms. The zero-order chi connectivity index (χ0) is 18.7. The SMILES string of the molecule is COc1ccc(CC2=NC(C)Cc3cc(OC)c(OC)cc32)cc1OC. The summed E-state index contributed by atoms with van der Waals surface area (Å²) >= 11 is 0. The lowest BCUT2D eigenvalue weighted by atomic mass is 9.90. The monoisotopic (exact) mass is 355 g/mol. The van der Waals surface area contributed by atoms with Gasteiger partial charge in [0.2, 0.25) is 0 Å². The van der Waals surface area contributed by atoms with E-state index in [1.807, 2.05) is 24.3 Å². The molecule has 0 N–H and O–H groups in total. The summed E-state index contributed by atoms with van der Waals surface area (Å²) in [6, 6.07) is 10.3. The van der Waals surface area contributed by atoms with Crippen LogP contribution < -0.4 is 18.9 Å². The lowest BCUT2D eigenvalue weighted by Gasteiger charge is -2.23. The van der Waals surface area contributed by atoms with E-state index in [0.29, 0.717) is 6.42 Å². The molecule has 0 radical (unpaired) electrons. The fraction of sp³-hybridized carbons (Fsp3) is 0.381. The van der Waals surface area contributed by atoms with Gasteiger partial charge in [-0.05, 0) is 48.7 Å². The van der Waals surface area contributed by atoms with Crippen molar-refractivity contribution >= 4 is 5.71 Å². The summed E-state index contributed by atoms with van der Waals surface area (Å²) in [6.45, 7) is 2.13. The first-order chi connectivity index (χ1) is 12.6. The summed E-state index contributed by atoms with van der Waals surface area (Å²) in [6.07, 6.45) is 1.61. The second kappa shape index (κ2) is 7.68. The van der Waals surface area contributed by atoms with Gasteiger partial charge in [-0.1, -0.05) is 6.07 Å². The number of methoxy groups -OCH3 is 4. The molecule has 1 atom stereocenters. The van der Waals surface area contributed by atoms with E-state index in [9.17, 15) is 0 Å². The molecular weight excluding hydrogens is 330 g/mol. The Morgan fingerprint density at radius 3 is 2.12 bits per heavy atom. The molecule has 0 amide bonds. The topological polar surface area (TPSA) is 49.3 Å². The van der Waals surface area contributed by atoms with Crippen LogP contribution in [0.4, 0.5) is 0 Å². The Hall–Kier alpha value is -2.69. The third-order valence-corrected chi connectivity index (χ3v) is 4.63. The Morgan fingerprint density at radius 1 is 0.846 bits per heavy atom. The second-order valence-corrected chi connectivity index (χ2v) is 6.36. The quantitative estimate of drug-likeness (QED) is 0.793. The first-order valence-electron chi connectivity index (χ1n) is 8.62. The van der Waals surface area contributed by atoms with E-state index < -0.39 is 0 Å². The first kappa shape index (κ1) is 18.1. The smallest absolute Gasteiger partial charge is 0.161 e. The number of aliphatic imine (C=N–C) groups is 1. The van der Waals surface area contributed by atoms with Gasteiger partial charge in [0.15, 0.2) is 23.0 Å². The molecule has 1 aliphatic heterocycles. The maximum atomic E-state index is 5.48. The van der Waals surface area contributed by atoms with Crippen LogP contribution >= 0.6 is 0 Å². The van der Waals surface area contributed by atoms with Gasteiger partial charge in [-0.15, -0.1) is 0 Å². The van der Waals surface area contributed by atoms with Gasteiger partial charge in [0.1, 0.15) is 0 Å². The summed E-state index contributed by atoms with van der Waals surface area (Å²) in [5.74, 6) is 2.93. The van der Waals surface area contributed by atoms with Crippen molar-refractivity contribution in [3.63, 3.8) is 0 Å². The molecule has 1 heterocycles. The molecule has 2 aromatic carbocycles. The third-order valence-electron chi connectivity index (χ3n) is 4.63. The minimum absolute atomic E-state index is 0.232. The normalized spacial score (nSPS) is 15.7. The van der Waals surface area contributed by atoms with E-state index >= 15 is 0 Å². The van der Waals surface area contributed by atoms with E-state index in [1.54, 1.807) is 28.4 Å². The van der Waals surface area contributed by atoms with Gasteiger partial charge in [-0.2, -0.15) is 0 Å². The average Bonchev–Trinajstić information content (AvgIpc) is 2.66. The number of rotatable bonds is 6. The average molecular weight is 355 g/mol. The molecule has 138 valence electrons. The number of benzene rings is 2. The number of nitrogens with zero attached hydrogens (tertiary/aromatic N) is 1. The third kappa shape index (κ3) is 3.47. The van der Waals surface area contributed by atoms with Crippen LogP contribution in [-0.2, 0) is 12.8 Å². The number of hydrogen-bond acceptors (Lipinski definition) is 5. The predicted octanol–water partition coefficient (Wildman–Crippen LogP) is 3.70. The maximum Gasteiger partial charge on any atom is 0.161 e. The molecule has 0 spiro atoms. The lowest BCUT2D eigenvalue weighted by Crippen LogP contribution is -2.20. The molecule has 0 bridgehead atoms. The first-order valence-corrected chi connectivity index (χ1v) is 8.62. The Morgan fingerprint density at radius 2 is 1.46 bits per heavy atom. The van der Waals surface area contributed by atoms with Crippen molar-refractivity contribution in [3.05, 3.63) is 47.0 Å². The summed E-state index contributed by atoms with van der Waals surface area (Å²) < 4.78 is 21.7. The van der Waals surface area contributed by atoms with E-state index in [1.165, 1.54) is 5.56 Å². The molecule has 0 saturated carbocycles. The number of hydrogen-bond donors (Lipinski definition) is 0. The maximum absolute atomic E-state index is 5.48. The molecule has 0 saturated heterocycles. The summed E-state index contributed by atoms with van der Waals surface area (Å²) in [5.41, 5.74) is 4.53. The van der Waals surface area contributed by atoms with Gasteiger partial charge in [0.25, 0.3) is 0 Å². The highest BCUT2D eigenvalue weighted by molar-refractivity contribution is 6.04. The molecular formula is C21H25NO4. The van der Waals surface area contributed by atoms with Crippen LogP contribution in [-0.4, -0.2) is 40.2 Å². The predicted molar refractivity (Wildman–Crippen MR) is 102 cm³/mol. The van der Waals surface area contributed by atoms with Crippen LogP contribution in [0.5, 0.6) is 23.0 Å². The largest absolute Gasteiger partial charge is 0.493 e. The number of ether oxygens (including phenoxy) is 4. The minimum atomic E-state index is 0.232. The summed E-state index contributed by atoms with van der Waals surface area (Å²) in [5, 5.41) is 0. The zero-order valence-corrected chi connectivity index (χ0v) is 16.0. The van der Waals surface area contributed by atoms with Crippen molar-refractivity contribution in [2.45, 2.75) is 25.8 Å². The minimum Gasteiger partial charge on any atom is -0.493 e. The van der Waals surface area contributed by atoms with Crippen LogP contribution in [0.25, 0.3) is 0 Å². The molecule has 1 aliphatic rings. The van der Waals surface area contributed by atoms with Crippen molar-refractivity contribution in [2.24, 2.45) is 4.99 Å². The fourth-order valence-corrected chi connectivity index (χ4v) is 3.38. The van der Waals surface area contributed by atoms with E-state index in [-0.39, 0.29) is 6.04 Å². The van der Waals surface area contributed by atoms with Crippen LogP contribution in [0, 0.1) is 0 Å². The standard InChI is InChI=1S/C21H25NO4/c1-13-8-15-11-20(25-4)21(26-5)12-16(15)17(22-13)9-14-6-7-18(23-2)19(10-14)24-3/h6-7,10-13H,8-9H2,1-5H3. The highest BCUT2D eigenvalue weighted by atomic mass is 16.5. The van der Waals surface area contributed by atoms with E-state index in [0.717, 1.165) is 46.3 Å². The van der Waals surface area contributed by atoms with Crippen molar-refractivity contribution in [1.29, 1.82) is 0 Å². The van der Waals surface area contributed by atoms with Crippen molar-refractivity contribution in [3.8, 4) is 23.0 Å². The summed E-state index contributed by atoms with van der Waals surface area (Å²) in [7, 11) is 6.60. The van der Waals surface area contributed by atoms with Crippen LogP contribution in [0.3, 0.4) is 0 Å². The fourth-order valence-electron chi connectivity index (χ4n) is 3.38. The van der Waals surface area contributed by atoms with Gasteiger partial charge in [0.05, 0.1) is 34.5 Å². The second-order valence-electron chi connectivity index (χ2n) is 6.36. The summed E-state index contributed by atoms with van der Waals surface area (Å²) in [4.78, 5) is 4.90. The van der Waals surface area contributed by atoms with Gasteiger partial charge >= 0.3 is 0 Å². The molecule has 3 rings (SSSR count). The zero-order valence-electron chi connectivity index (χ0n) is 16.0. The highest BCUT2D eigenvalue weighted by Crippen LogP contribution is 2.35. The molecule has 0 aliphatic carbocycles. The molecule has 1 unspecified atom stereocenters. The van der Waals surface area contributed by atoms with E-state index in [4.69, 9.17) is 23.9 Å². The Bertz CT molecular complexity index is 829.